The van der Waals surface area contributed by atoms with Crippen molar-refractivity contribution in [3.05, 3.63) is 24.3 Å². The molecule has 0 amide bonds. The Hall–Kier alpha value is -1.62. The minimum absolute atomic E-state index is 0.672. The van der Waals surface area contributed by atoms with Gasteiger partial charge in [-0.1, -0.05) is 74.7 Å². The van der Waals surface area contributed by atoms with Crippen LogP contribution in [0.25, 0.3) is 10.6 Å². The summed E-state index contributed by atoms with van der Waals surface area (Å²) in [6.07, 6.45) is 13.7. The highest BCUT2D eigenvalue weighted by molar-refractivity contribution is 7.16. The van der Waals surface area contributed by atoms with Gasteiger partial charge in [-0.3, -0.25) is 0 Å². The lowest BCUT2D eigenvalue weighted by atomic mass is 9.78. The summed E-state index contributed by atoms with van der Waals surface area (Å²) < 4.78 is 11.0. The third kappa shape index (κ3) is 6.47. The maximum absolute atomic E-state index is 5.85. The van der Waals surface area contributed by atoms with E-state index in [1.165, 1.54) is 69.1 Å². The summed E-state index contributed by atoms with van der Waals surface area (Å²) in [4.78, 5) is 0. The number of hydrogen-bond donors (Lipinski definition) is 0. The summed E-state index contributed by atoms with van der Waals surface area (Å²) in [6, 6.07) is 7.88. The van der Waals surface area contributed by atoms with Crippen molar-refractivity contribution in [2.75, 3.05) is 13.7 Å². The van der Waals surface area contributed by atoms with Crippen molar-refractivity contribution in [1.29, 1.82) is 0 Å². The van der Waals surface area contributed by atoms with Crippen LogP contribution in [0.5, 0.6) is 10.9 Å². The molecule has 2 aromatic rings. The molecule has 0 saturated heterocycles. The van der Waals surface area contributed by atoms with Crippen LogP contribution in [-0.2, 0) is 0 Å². The van der Waals surface area contributed by atoms with Gasteiger partial charge in [-0.05, 0) is 48.9 Å². The molecule has 1 heterocycles. The first kappa shape index (κ1) is 21.1. The number of hydrogen-bond acceptors (Lipinski definition) is 5. The van der Waals surface area contributed by atoms with Crippen LogP contribution in [0.15, 0.2) is 24.3 Å². The third-order valence-corrected chi connectivity index (χ3v) is 6.79. The molecule has 0 unspecified atom stereocenters. The van der Waals surface area contributed by atoms with Crippen molar-refractivity contribution in [3.8, 4) is 21.5 Å². The highest BCUT2D eigenvalue weighted by Crippen LogP contribution is 2.34. The molecule has 5 heteroatoms. The van der Waals surface area contributed by atoms with E-state index in [1.54, 1.807) is 7.11 Å². The Morgan fingerprint density at radius 1 is 0.929 bits per heavy atom. The summed E-state index contributed by atoms with van der Waals surface area (Å²) in [5, 5.41) is 9.99. The van der Waals surface area contributed by atoms with Crippen molar-refractivity contribution in [2.24, 2.45) is 11.8 Å². The molecule has 1 aliphatic carbocycles. The van der Waals surface area contributed by atoms with E-state index in [1.807, 2.05) is 24.3 Å². The highest BCUT2D eigenvalue weighted by atomic mass is 32.1. The Bertz CT molecular complexity index is 678. The molecule has 154 valence electrons. The van der Waals surface area contributed by atoms with Crippen molar-refractivity contribution in [3.63, 3.8) is 0 Å². The summed E-state index contributed by atoms with van der Waals surface area (Å²) in [5.74, 6) is 2.74. The Kier molecular flexibility index (Phi) is 8.59. The number of rotatable bonds is 11. The van der Waals surface area contributed by atoms with Gasteiger partial charge in [0, 0.05) is 5.56 Å². The van der Waals surface area contributed by atoms with Crippen LogP contribution in [0, 0.1) is 11.8 Å². The molecule has 1 aromatic carbocycles. The zero-order chi connectivity index (χ0) is 19.6. The summed E-state index contributed by atoms with van der Waals surface area (Å²) in [5.41, 5.74) is 1.05. The molecular formula is C23H34N2O2S. The quantitative estimate of drug-likeness (QED) is 0.389. The summed E-state index contributed by atoms with van der Waals surface area (Å²) in [7, 11) is 1.67. The number of benzene rings is 1. The standard InChI is InChI=1S/C23H34N2O2S/c1-3-4-5-7-18-9-11-19(12-10-18)8-6-17-27-23-25-24-22(28-23)20-13-15-21(26-2)16-14-20/h13-16,18-19H,3-12,17H2,1-2H3/t18-,19-. The van der Waals surface area contributed by atoms with Crippen molar-refractivity contribution in [1.82, 2.24) is 10.2 Å². The fourth-order valence-electron chi connectivity index (χ4n) is 4.14. The van der Waals surface area contributed by atoms with Crippen molar-refractivity contribution >= 4 is 11.3 Å². The molecule has 4 nitrogen and oxygen atoms in total. The van der Waals surface area contributed by atoms with Gasteiger partial charge in [0.15, 0.2) is 5.01 Å². The van der Waals surface area contributed by atoms with E-state index in [0.29, 0.717) is 5.19 Å². The van der Waals surface area contributed by atoms with Gasteiger partial charge in [0.2, 0.25) is 0 Å². The van der Waals surface area contributed by atoms with Gasteiger partial charge in [0.05, 0.1) is 13.7 Å². The van der Waals surface area contributed by atoms with Gasteiger partial charge in [-0.2, -0.15) is 0 Å². The van der Waals surface area contributed by atoms with Crippen LogP contribution in [0.3, 0.4) is 0 Å². The molecule has 28 heavy (non-hydrogen) atoms. The summed E-state index contributed by atoms with van der Waals surface area (Å²) in [6.45, 7) is 3.04. The second-order valence-corrected chi connectivity index (χ2v) is 8.91. The maximum Gasteiger partial charge on any atom is 0.294 e. The molecule has 0 bridgehead atoms. The minimum atomic E-state index is 0.672. The van der Waals surface area contributed by atoms with E-state index in [-0.39, 0.29) is 0 Å². The first-order valence-corrected chi connectivity index (χ1v) is 11.7. The molecule has 1 fully saturated rings. The van der Waals surface area contributed by atoms with Gasteiger partial charge in [-0.25, -0.2) is 0 Å². The Labute approximate surface area is 173 Å². The largest absolute Gasteiger partial charge is 0.497 e. The molecule has 1 saturated carbocycles. The van der Waals surface area contributed by atoms with Crippen LogP contribution in [0.4, 0.5) is 0 Å². The molecule has 0 N–H and O–H groups in total. The Morgan fingerprint density at radius 2 is 1.61 bits per heavy atom. The zero-order valence-corrected chi connectivity index (χ0v) is 18.2. The van der Waals surface area contributed by atoms with Crippen molar-refractivity contribution < 1.29 is 9.47 Å². The highest BCUT2D eigenvalue weighted by Gasteiger charge is 2.20. The van der Waals surface area contributed by atoms with Gasteiger partial charge >= 0.3 is 0 Å². The number of ether oxygens (including phenoxy) is 2. The lowest BCUT2D eigenvalue weighted by Gasteiger charge is -2.28. The van der Waals surface area contributed by atoms with Gasteiger partial charge in [0.25, 0.3) is 5.19 Å². The first-order chi connectivity index (χ1) is 13.8. The number of nitrogens with zero attached hydrogens (tertiary/aromatic N) is 2. The lowest BCUT2D eigenvalue weighted by molar-refractivity contribution is 0.227. The Balaban J connectivity index is 1.32. The first-order valence-electron chi connectivity index (χ1n) is 10.9. The minimum Gasteiger partial charge on any atom is -0.497 e. The van der Waals surface area contributed by atoms with E-state index in [9.17, 15) is 0 Å². The van der Waals surface area contributed by atoms with E-state index in [4.69, 9.17) is 9.47 Å². The van der Waals surface area contributed by atoms with Crippen LogP contribution >= 0.6 is 11.3 Å². The van der Waals surface area contributed by atoms with Crippen molar-refractivity contribution in [2.45, 2.75) is 71.1 Å². The molecule has 1 aliphatic rings. The van der Waals surface area contributed by atoms with Crippen LogP contribution in [0.1, 0.15) is 71.1 Å². The average Bonchev–Trinajstić information content (AvgIpc) is 3.21. The molecule has 0 spiro atoms. The molecule has 3 rings (SSSR count). The topological polar surface area (TPSA) is 44.2 Å². The molecular weight excluding hydrogens is 368 g/mol. The van der Waals surface area contributed by atoms with Crippen LogP contribution < -0.4 is 9.47 Å². The van der Waals surface area contributed by atoms with E-state index >= 15 is 0 Å². The fraction of sp³-hybridized carbons (Fsp3) is 0.652. The monoisotopic (exact) mass is 402 g/mol. The SMILES string of the molecule is CCCCC[C@H]1CC[C@H](CCCOc2nnc(-c3ccc(OC)cc3)s2)CC1. The molecule has 0 atom stereocenters. The molecule has 1 aromatic heterocycles. The van der Waals surface area contributed by atoms with Gasteiger partial charge in [-0.15, -0.1) is 5.10 Å². The van der Waals surface area contributed by atoms with Gasteiger partial charge < -0.3 is 9.47 Å². The number of methoxy groups -OCH3 is 1. The Morgan fingerprint density at radius 3 is 2.25 bits per heavy atom. The average molecular weight is 403 g/mol. The second kappa shape index (κ2) is 11.4. The van der Waals surface area contributed by atoms with E-state index in [2.05, 4.69) is 17.1 Å². The predicted octanol–water partition coefficient (Wildman–Crippen LogP) is 6.76. The lowest BCUT2D eigenvalue weighted by Crippen LogP contribution is -2.15. The summed E-state index contributed by atoms with van der Waals surface area (Å²) >= 11 is 1.51. The number of unbranched alkanes of at least 4 members (excludes halogenated alkanes) is 2. The van der Waals surface area contributed by atoms with Crippen LogP contribution in [-0.4, -0.2) is 23.9 Å². The fourth-order valence-corrected chi connectivity index (χ4v) is 4.87. The molecule has 0 aliphatic heterocycles. The predicted molar refractivity (Wildman–Crippen MR) is 116 cm³/mol. The third-order valence-electron chi connectivity index (χ3n) is 5.91. The maximum atomic E-state index is 5.85. The zero-order valence-electron chi connectivity index (χ0n) is 17.4. The second-order valence-electron chi connectivity index (χ2n) is 7.97. The normalized spacial score (nSPS) is 19.5. The smallest absolute Gasteiger partial charge is 0.294 e. The van der Waals surface area contributed by atoms with E-state index < -0.39 is 0 Å². The van der Waals surface area contributed by atoms with Gasteiger partial charge in [0.1, 0.15) is 5.75 Å². The number of aromatic nitrogens is 2. The molecule has 0 radical (unpaired) electrons. The van der Waals surface area contributed by atoms with Crippen LogP contribution in [0.2, 0.25) is 0 Å². The van der Waals surface area contributed by atoms with E-state index in [0.717, 1.165) is 41.2 Å².